The van der Waals surface area contributed by atoms with Gasteiger partial charge in [-0.3, -0.25) is 4.90 Å². The van der Waals surface area contributed by atoms with Gasteiger partial charge in [0.05, 0.1) is 38.1 Å². The van der Waals surface area contributed by atoms with Gasteiger partial charge in [0.25, 0.3) is 0 Å². The molecule has 1 aromatic carbocycles. The highest BCUT2D eigenvalue weighted by Crippen LogP contribution is 2.54. The lowest BCUT2D eigenvalue weighted by Gasteiger charge is -2.47. The second-order valence-corrected chi connectivity index (χ2v) is 7.70. The van der Waals surface area contributed by atoms with Crippen molar-refractivity contribution in [1.82, 2.24) is 4.90 Å². The van der Waals surface area contributed by atoms with Crippen LogP contribution in [0.1, 0.15) is 24.8 Å². The summed E-state index contributed by atoms with van der Waals surface area (Å²) in [6, 6.07) is 11.7. The summed E-state index contributed by atoms with van der Waals surface area (Å²) in [5.41, 5.74) is -0.352. The van der Waals surface area contributed by atoms with Crippen molar-refractivity contribution in [3.05, 3.63) is 35.4 Å². The van der Waals surface area contributed by atoms with Gasteiger partial charge in [-0.2, -0.15) is 15.8 Å². The first-order valence-corrected chi connectivity index (χ1v) is 9.95. The van der Waals surface area contributed by atoms with Gasteiger partial charge in [-0.05, 0) is 36.2 Å². The Hall–Kier alpha value is -3.34. The van der Waals surface area contributed by atoms with Crippen LogP contribution in [-0.4, -0.2) is 44.5 Å². The van der Waals surface area contributed by atoms with Gasteiger partial charge in [0.1, 0.15) is 17.4 Å². The van der Waals surface area contributed by atoms with Gasteiger partial charge in [-0.25, -0.2) is 0 Å². The van der Waals surface area contributed by atoms with E-state index < -0.39 is 17.3 Å². The molecule has 1 aliphatic carbocycles. The Bertz CT molecular complexity index is 958. The van der Waals surface area contributed by atoms with Crippen molar-refractivity contribution in [2.75, 3.05) is 33.9 Å². The Balaban J connectivity index is 2.26. The Morgan fingerprint density at radius 3 is 2.27 bits per heavy atom. The summed E-state index contributed by atoms with van der Waals surface area (Å²) in [4.78, 5) is 2.27. The van der Waals surface area contributed by atoms with E-state index >= 15 is 0 Å². The number of methoxy groups -OCH3 is 2. The van der Waals surface area contributed by atoms with Crippen molar-refractivity contribution in [2.24, 2.45) is 17.3 Å². The molecule has 1 N–H and O–H groups in total. The minimum atomic E-state index is -1.74. The van der Waals surface area contributed by atoms with Crippen molar-refractivity contribution in [3.8, 4) is 29.7 Å². The molecule has 2 aliphatic rings. The molecule has 0 amide bonds. The number of benzene rings is 1. The average Bonchev–Trinajstić information content (AvgIpc) is 2.78. The summed E-state index contributed by atoms with van der Waals surface area (Å²) in [7, 11) is 3.09. The summed E-state index contributed by atoms with van der Waals surface area (Å²) >= 11 is 0. The van der Waals surface area contributed by atoms with E-state index in [-0.39, 0.29) is 11.6 Å². The summed E-state index contributed by atoms with van der Waals surface area (Å²) < 4.78 is 10.8. The Morgan fingerprint density at radius 2 is 1.77 bits per heavy atom. The molecule has 7 nitrogen and oxygen atoms in total. The van der Waals surface area contributed by atoms with E-state index in [1.54, 1.807) is 32.4 Å². The van der Waals surface area contributed by atoms with Gasteiger partial charge in [-0.15, -0.1) is 0 Å². The molecule has 1 saturated carbocycles. The van der Waals surface area contributed by atoms with E-state index in [0.717, 1.165) is 18.5 Å². The second-order valence-electron chi connectivity index (χ2n) is 7.70. The monoisotopic (exact) mass is 403 g/mol. The van der Waals surface area contributed by atoms with Gasteiger partial charge >= 0.3 is 0 Å². The van der Waals surface area contributed by atoms with Gasteiger partial charge < -0.3 is 14.9 Å². The molecule has 1 aromatic rings. The summed E-state index contributed by atoms with van der Waals surface area (Å²) in [5.74, 6) is -0.605. The Kier molecular flexibility index (Phi) is 6.11. The molecule has 0 radical (unpaired) electrons. The number of rotatable bonds is 5. The number of fused-ring (bicyclic) bond motifs is 1. The molecule has 0 saturated heterocycles. The molecular weight excluding hydrogens is 378 g/mol. The highest BCUT2D eigenvalue weighted by atomic mass is 16.5. The molecule has 0 spiro atoms. The maximum atomic E-state index is 10.2. The van der Waals surface area contributed by atoms with E-state index in [9.17, 15) is 15.8 Å². The van der Waals surface area contributed by atoms with Crippen LogP contribution in [0.2, 0.25) is 0 Å². The van der Waals surface area contributed by atoms with Gasteiger partial charge in [0.15, 0.2) is 5.41 Å². The average molecular weight is 403 g/mol. The smallest absolute Gasteiger partial charge is 0.189 e. The molecule has 1 fully saturated rings. The predicted molar refractivity (Wildman–Crippen MR) is 111 cm³/mol. The highest BCUT2D eigenvalue weighted by molar-refractivity contribution is 6.00. The zero-order chi connectivity index (χ0) is 21.9. The minimum absolute atomic E-state index is 0.145. The fourth-order valence-electron chi connectivity index (χ4n) is 4.75. The zero-order valence-electron chi connectivity index (χ0n) is 17.5. The number of hydrogen-bond donors (Lipinski definition) is 1. The van der Waals surface area contributed by atoms with E-state index in [1.807, 2.05) is 6.08 Å². The first kappa shape index (κ1) is 21.4. The van der Waals surface area contributed by atoms with Gasteiger partial charge in [0.2, 0.25) is 0 Å². The van der Waals surface area contributed by atoms with Crippen molar-refractivity contribution in [2.45, 2.75) is 19.3 Å². The maximum Gasteiger partial charge on any atom is 0.189 e. The SMILES string of the molecule is CCCN1CC=C2C(C#N)C(=N)C(C#N)(C#N)[C@H](c3cc(OC)cc(OC)c3)[C@@H]2C1. The van der Waals surface area contributed by atoms with Crippen LogP contribution < -0.4 is 9.47 Å². The molecule has 1 unspecified atom stereocenters. The van der Waals surface area contributed by atoms with Crippen LogP contribution in [0, 0.1) is 56.7 Å². The molecule has 154 valence electrons. The molecule has 3 rings (SSSR count). The molecule has 3 atom stereocenters. The molecule has 1 aliphatic heterocycles. The van der Waals surface area contributed by atoms with Crippen molar-refractivity contribution in [1.29, 1.82) is 21.2 Å². The number of nitrogens with zero attached hydrogens (tertiary/aromatic N) is 4. The van der Waals surface area contributed by atoms with Crippen LogP contribution in [0.4, 0.5) is 0 Å². The molecule has 0 aromatic heterocycles. The van der Waals surface area contributed by atoms with Crippen molar-refractivity contribution < 1.29 is 9.47 Å². The minimum Gasteiger partial charge on any atom is -0.497 e. The normalized spacial score (nSPS) is 25.1. The highest BCUT2D eigenvalue weighted by Gasteiger charge is 2.57. The first-order valence-electron chi connectivity index (χ1n) is 9.95. The summed E-state index contributed by atoms with van der Waals surface area (Å²) in [6.45, 7) is 4.31. The molecule has 7 heteroatoms. The van der Waals surface area contributed by atoms with Crippen LogP contribution in [0.5, 0.6) is 11.5 Å². The summed E-state index contributed by atoms with van der Waals surface area (Å²) in [5, 5.41) is 38.8. The molecule has 0 bridgehead atoms. The Morgan fingerprint density at radius 1 is 1.13 bits per heavy atom. The van der Waals surface area contributed by atoms with Crippen LogP contribution in [0.15, 0.2) is 29.8 Å². The standard InChI is InChI=1S/C23H25N5O2/c1-4-6-28-7-5-18-19(11-24)22(27)23(13-25,14-26)21(20(18)12-28)15-8-16(29-2)10-17(9-15)30-3/h5,8-10,19-21,27H,4,6-7,12H2,1-3H3/t19?,20-,21-/m1/s1. The lowest BCUT2D eigenvalue weighted by Crippen LogP contribution is -2.52. The topological polar surface area (TPSA) is 117 Å². The number of nitrogens with one attached hydrogen (secondary N) is 1. The third-order valence-corrected chi connectivity index (χ3v) is 6.14. The predicted octanol–water partition coefficient (Wildman–Crippen LogP) is 3.26. The van der Waals surface area contributed by atoms with Crippen molar-refractivity contribution >= 4 is 5.71 Å². The van der Waals surface area contributed by atoms with E-state index in [4.69, 9.17) is 14.9 Å². The third kappa shape index (κ3) is 3.30. The first-order chi connectivity index (χ1) is 14.5. The van der Waals surface area contributed by atoms with Crippen LogP contribution in [-0.2, 0) is 0 Å². The quantitative estimate of drug-likeness (QED) is 0.754. The lowest BCUT2D eigenvalue weighted by molar-refractivity contribution is 0.204. The Labute approximate surface area is 177 Å². The van der Waals surface area contributed by atoms with Crippen molar-refractivity contribution in [3.63, 3.8) is 0 Å². The zero-order valence-corrected chi connectivity index (χ0v) is 17.5. The van der Waals surface area contributed by atoms with E-state index in [1.165, 1.54) is 0 Å². The molecule has 30 heavy (non-hydrogen) atoms. The lowest BCUT2D eigenvalue weighted by atomic mass is 9.54. The van der Waals surface area contributed by atoms with Gasteiger partial charge in [0, 0.05) is 31.0 Å². The number of hydrogen-bond acceptors (Lipinski definition) is 7. The maximum absolute atomic E-state index is 10.2. The molecular formula is C23H25N5O2. The van der Waals surface area contributed by atoms with E-state index in [2.05, 4.69) is 30.0 Å². The fraction of sp³-hybridized carbons (Fsp3) is 0.478. The largest absolute Gasteiger partial charge is 0.497 e. The third-order valence-electron chi connectivity index (χ3n) is 6.14. The van der Waals surface area contributed by atoms with Crippen LogP contribution in [0.25, 0.3) is 0 Å². The number of ether oxygens (including phenoxy) is 2. The second kappa shape index (κ2) is 8.57. The molecule has 1 heterocycles. The van der Waals surface area contributed by atoms with Crippen LogP contribution >= 0.6 is 0 Å². The fourth-order valence-corrected chi connectivity index (χ4v) is 4.75. The summed E-state index contributed by atoms with van der Waals surface area (Å²) in [6.07, 6.45) is 2.99. The van der Waals surface area contributed by atoms with E-state index in [0.29, 0.717) is 30.2 Å². The van der Waals surface area contributed by atoms with Gasteiger partial charge in [-0.1, -0.05) is 13.0 Å². The number of nitriles is 3. The van der Waals surface area contributed by atoms with Crippen LogP contribution in [0.3, 0.4) is 0 Å².